The summed E-state index contributed by atoms with van der Waals surface area (Å²) in [5.74, 6) is 0. The Hall–Kier alpha value is -1.38. The molecule has 0 radical (unpaired) electrons. The first-order chi connectivity index (χ1) is 5.34. The Bertz CT molecular complexity index is 262. The van der Waals surface area contributed by atoms with Crippen LogP contribution in [0.4, 0.5) is 0 Å². The minimum Gasteiger partial charge on any atom is -0.293 e. The zero-order chi connectivity index (χ0) is 8.69. The number of aromatic nitrogens is 1. The molecule has 0 amide bonds. The normalized spacial score (nSPS) is 7.82. The second-order valence-corrected chi connectivity index (χ2v) is 1.62. The first-order valence-corrected chi connectivity index (χ1v) is 3.57. The Morgan fingerprint density at radius 3 is 2.36 bits per heavy atom. The smallest absolute Gasteiger partial charge is 0.129 e. The van der Waals surface area contributed by atoms with E-state index in [1.807, 2.05) is 13.8 Å². The summed E-state index contributed by atoms with van der Waals surface area (Å²) < 4.78 is 1.42. The van der Waals surface area contributed by atoms with Gasteiger partial charge in [0, 0.05) is 6.20 Å². The van der Waals surface area contributed by atoms with Gasteiger partial charge in [0.2, 0.25) is 0 Å². The van der Waals surface area contributed by atoms with Gasteiger partial charge in [0.25, 0.3) is 0 Å². The van der Waals surface area contributed by atoms with Crippen LogP contribution in [0.3, 0.4) is 0 Å². The number of hydrogen-bond acceptors (Lipinski definition) is 2. The average molecular weight is 151 g/mol. The van der Waals surface area contributed by atoms with Crippen molar-refractivity contribution in [3.8, 4) is 0 Å². The Balaban J connectivity index is 0.000000461. The van der Waals surface area contributed by atoms with Crippen LogP contribution in [0.15, 0.2) is 24.4 Å². The molecule has 0 aliphatic carbocycles. The van der Waals surface area contributed by atoms with Crippen LogP contribution in [0.1, 0.15) is 13.8 Å². The molecule has 1 aromatic heterocycles. The maximum atomic E-state index is 7.18. The molecule has 0 fully saturated rings. The van der Waals surface area contributed by atoms with E-state index >= 15 is 0 Å². The van der Waals surface area contributed by atoms with Crippen LogP contribution in [0.25, 0.3) is 0 Å². The Morgan fingerprint density at radius 1 is 1.36 bits per heavy atom. The zero-order valence-electron chi connectivity index (χ0n) is 6.83. The van der Waals surface area contributed by atoms with Crippen LogP contribution < -0.4 is 5.49 Å². The molecule has 0 aliphatic heterocycles. The molecule has 2 N–H and O–H groups in total. The van der Waals surface area contributed by atoms with Crippen LogP contribution in [0, 0.1) is 10.8 Å². The van der Waals surface area contributed by atoms with E-state index in [1.54, 1.807) is 24.4 Å². The molecule has 1 aromatic rings. The van der Waals surface area contributed by atoms with Crippen molar-refractivity contribution in [2.45, 2.75) is 13.8 Å². The highest BCUT2D eigenvalue weighted by atomic mass is 15.0. The fourth-order valence-electron chi connectivity index (χ4n) is 0.568. The lowest BCUT2D eigenvalue weighted by molar-refractivity contribution is 0.987. The number of nitrogens with one attached hydrogen (secondary N) is 2. The van der Waals surface area contributed by atoms with E-state index in [2.05, 4.69) is 0 Å². The van der Waals surface area contributed by atoms with E-state index in [0.717, 1.165) is 6.34 Å². The summed E-state index contributed by atoms with van der Waals surface area (Å²) in [7, 11) is 0. The van der Waals surface area contributed by atoms with E-state index in [4.69, 9.17) is 10.8 Å². The van der Waals surface area contributed by atoms with Gasteiger partial charge in [-0.25, -0.2) is 0 Å². The third-order valence-corrected chi connectivity index (χ3v) is 1.03. The van der Waals surface area contributed by atoms with Gasteiger partial charge in [0.15, 0.2) is 0 Å². The Kier molecular flexibility index (Phi) is 4.73. The van der Waals surface area contributed by atoms with Crippen LogP contribution >= 0.6 is 0 Å². The first kappa shape index (κ1) is 9.62. The molecule has 1 heterocycles. The van der Waals surface area contributed by atoms with Gasteiger partial charge in [0.1, 0.15) is 5.49 Å². The maximum absolute atomic E-state index is 7.18. The van der Waals surface area contributed by atoms with Crippen molar-refractivity contribution in [2.75, 3.05) is 0 Å². The molecule has 0 saturated heterocycles. The Morgan fingerprint density at radius 2 is 2.00 bits per heavy atom. The third kappa shape index (κ3) is 2.80. The highest BCUT2D eigenvalue weighted by Crippen LogP contribution is 1.73. The molecular weight excluding hydrogens is 138 g/mol. The lowest BCUT2D eigenvalue weighted by Crippen LogP contribution is -2.16. The Labute approximate surface area is 66.3 Å². The van der Waals surface area contributed by atoms with Crippen molar-refractivity contribution in [1.29, 1.82) is 10.8 Å². The molecule has 0 unspecified atom stereocenters. The van der Waals surface area contributed by atoms with Crippen molar-refractivity contribution in [3.05, 3.63) is 29.9 Å². The summed E-state index contributed by atoms with van der Waals surface area (Å²) in [4.78, 5) is 0. The molecule has 0 saturated carbocycles. The van der Waals surface area contributed by atoms with Gasteiger partial charge < -0.3 is 0 Å². The minimum absolute atomic E-state index is 0.326. The van der Waals surface area contributed by atoms with E-state index in [0.29, 0.717) is 5.49 Å². The molecule has 0 bridgehead atoms. The average Bonchev–Trinajstić information content (AvgIpc) is 2.09. The number of pyridine rings is 1. The number of nitrogens with zero attached hydrogens (tertiary/aromatic N) is 1. The van der Waals surface area contributed by atoms with Gasteiger partial charge in [-0.05, 0) is 12.1 Å². The summed E-state index contributed by atoms with van der Waals surface area (Å²) >= 11 is 0. The highest BCUT2D eigenvalue weighted by Gasteiger charge is 1.79. The molecule has 0 aliphatic rings. The predicted octanol–water partition coefficient (Wildman–Crippen LogP) is 1.45. The molecule has 1 rings (SSSR count). The molecule has 0 aromatic carbocycles. The summed E-state index contributed by atoms with van der Waals surface area (Å²) in [6.07, 6.45) is 2.76. The lowest BCUT2D eigenvalue weighted by atomic mass is 10.5. The van der Waals surface area contributed by atoms with Crippen LogP contribution in [-0.4, -0.2) is 10.9 Å². The number of rotatable bonds is 1. The molecule has 0 atom stereocenters. The first-order valence-electron chi connectivity index (χ1n) is 3.57. The van der Waals surface area contributed by atoms with Crippen molar-refractivity contribution < 1.29 is 0 Å². The monoisotopic (exact) mass is 151 g/mol. The standard InChI is InChI=1S/C6H7N3.C2H6/c7-5-9-4-2-1-3-6(9)8;1-2/h1-5,7-8H;1-2H3. The van der Waals surface area contributed by atoms with Gasteiger partial charge in [-0.1, -0.05) is 19.9 Å². The second-order valence-electron chi connectivity index (χ2n) is 1.62. The summed E-state index contributed by atoms with van der Waals surface area (Å²) in [6, 6.07) is 5.18. The number of hydrogen-bond donors (Lipinski definition) is 2. The van der Waals surface area contributed by atoms with E-state index < -0.39 is 0 Å². The third-order valence-electron chi connectivity index (χ3n) is 1.03. The molecule has 60 valence electrons. The molecule has 3 heteroatoms. The van der Waals surface area contributed by atoms with Gasteiger partial charge in [-0.3, -0.25) is 15.4 Å². The predicted molar refractivity (Wildman–Crippen MR) is 45.8 cm³/mol. The van der Waals surface area contributed by atoms with Gasteiger partial charge >= 0.3 is 0 Å². The van der Waals surface area contributed by atoms with E-state index in [-0.39, 0.29) is 0 Å². The maximum Gasteiger partial charge on any atom is 0.129 e. The van der Waals surface area contributed by atoms with Crippen molar-refractivity contribution in [2.24, 2.45) is 0 Å². The zero-order valence-corrected chi connectivity index (χ0v) is 6.83. The topological polar surface area (TPSA) is 52.6 Å². The summed E-state index contributed by atoms with van der Waals surface area (Å²) in [6.45, 7) is 4.00. The van der Waals surface area contributed by atoms with Crippen LogP contribution in [0.5, 0.6) is 0 Å². The van der Waals surface area contributed by atoms with Gasteiger partial charge in [-0.15, -0.1) is 0 Å². The highest BCUT2D eigenvalue weighted by molar-refractivity contribution is 5.53. The van der Waals surface area contributed by atoms with E-state index in [1.165, 1.54) is 4.57 Å². The van der Waals surface area contributed by atoms with Gasteiger partial charge in [-0.2, -0.15) is 0 Å². The molecule has 11 heavy (non-hydrogen) atoms. The quantitative estimate of drug-likeness (QED) is 0.451. The summed E-state index contributed by atoms with van der Waals surface area (Å²) in [5, 5.41) is 14.0. The molecule has 0 spiro atoms. The largest absolute Gasteiger partial charge is 0.293 e. The van der Waals surface area contributed by atoms with Crippen molar-refractivity contribution in [3.63, 3.8) is 0 Å². The second kappa shape index (κ2) is 5.41. The SMILES string of the molecule is CC.N=Cn1ccccc1=N. The fraction of sp³-hybridized carbons (Fsp3) is 0.250. The lowest BCUT2D eigenvalue weighted by Gasteiger charge is -1.92. The summed E-state index contributed by atoms with van der Waals surface area (Å²) in [5.41, 5.74) is 0.326. The van der Waals surface area contributed by atoms with E-state index in [9.17, 15) is 0 Å². The fourth-order valence-corrected chi connectivity index (χ4v) is 0.568. The van der Waals surface area contributed by atoms with Crippen molar-refractivity contribution in [1.82, 2.24) is 4.57 Å². The molecule has 3 nitrogen and oxygen atoms in total. The molecular formula is C8H13N3. The van der Waals surface area contributed by atoms with Crippen LogP contribution in [0.2, 0.25) is 0 Å². The van der Waals surface area contributed by atoms with Crippen molar-refractivity contribution >= 4 is 6.34 Å². The minimum atomic E-state index is 0.326. The van der Waals surface area contributed by atoms with Gasteiger partial charge in [0.05, 0.1) is 6.34 Å². The van der Waals surface area contributed by atoms with Crippen LogP contribution in [-0.2, 0) is 0 Å².